The normalized spacial score (nSPS) is 15.5. The average Bonchev–Trinajstić information content (AvgIpc) is 3.33. The van der Waals surface area contributed by atoms with Crippen molar-refractivity contribution in [1.82, 2.24) is 10.2 Å². The first-order valence-corrected chi connectivity index (χ1v) is 16.0. The summed E-state index contributed by atoms with van der Waals surface area (Å²) in [6.45, 7) is 4.69. The number of nitrogens with zero attached hydrogens (tertiary/aromatic N) is 2. The van der Waals surface area contributed by atoms with Crippen molar-refractivity contribution in [3.8, 4) is 34.1 Å². The van der Waals surface area contributed by atoms with Gasteiger partial charge in [0.2, 0.25) is 23.0 Å². The zero-order chi connectivity index (χ0) is 33.5. The minimum Gasteiger partial charge on any atom is -0.495 e. The smallest absolute Gasteiger partial charge is 0.222 e. The van der Waals surface area contributed by atoms with E-state index in [4.69, 9.17) is 18.9 Å². The summed E-state index contributed by atoms with van der Waals surface area (Å²) in [6.07, 6.45) is 2.16. The Morgan fingerprint density at radius 1 is 0.872 bits per heavy atom. The van der Waals surface area contributed by atoms with Crippen molar-refractivity contribution in [2.75, 3.05) is 71.4 Å². The maximum absolute atomic E-state index is 13.6. The third kappa shape index (κ3) is 7.24. The van der Waals surface area contributed by atoms with Crippen LogP contribution in [0, 0.1) is 0 Å². The van der Waals surface area contributed by atoms with Gasteiger partial charge in [-0.25, -0.2) is 0 Å². The Kier molecular flexibility index (Phi) is 10.7. The number of ether oxygens (including phenoxy) is 4. The maximum Gasteiger partial charge on any atom is 0.222 e. The summed E-state index contributed by atoms with van der Waals surface area (Å²) in [5.41, 5.74) is 4.47. The van der Waals surface area contributed by atoms with Crippen molar-refractivity contribution in [2.45, 2.75) is 38.6 Å². The van der Waals surface area contributed by atoms with E-state index in [-0.39, 0.29) is 23.3 Å². The van der Waals surface area contributed by atoms with Gasteiger partial charge in [0.25, 0.3) is 0 Å². The first kappa shape index (κ1) is 33.4. The number of amides is 2. The van der Waals surface area contributed by atoms with E-state index in [9.17, 15) is 14.4 Å². The number of benzene rings is 2. The van der Waals surface area contributed by atoms with E-state index < -0.39 is 0 Å². The molecule has 0 spiro atoms. The summed E-state index contributed by atoms with van der Waals surface area (Å²) in [5.74, 6) is 2.25. The molecule has 0 aromatic heterocycles. The standard InChI is InChI=1S/C36H44N4O7/c1-23(41)38-27-14-12-24-21-32(45-3)35(46-4)36(47-5)34(24)25-13-15-28(30(42)22-26(25)27)37-16-8-11-33(43)40-19-17-39(18-20-40)29-9-6-7-10-31(29)44-2/h6-7,9-10,13,15,21-22,27H,8,11-12,14,16-20H2,1-5H3,(H,37,42)(H,38,41). The van der Waals surface area contributed by atoms with Crippen LogP contribution in [0.3, 0.4) is 0 Å². The number of nitrogens with one attached hydrogen (secondary N) is 2. The zero-order valence-corrected chi connectivity index (χ0v) is 27.8. The molecule has 0 radical (unpaired) electrons. The van der Waals surface area contributed by atoms with Crippen LogP contribution in [0.25, 0.3) is 11.1 Å². The van der Waals surface area contributed by atoms with Crippen LogP contribution in [0.4, 0.5) is 11.4 Å². The highest BCUT2D eigenvalue weighted by molar-refractivity contribution is 5.84. The van der Waals surface area contributed by atoms with E-state index in [0.717, 1.165) is 41.2 Å². The number of methoxy groups -OCH3 is 4. The fourth-order valence-electron chi connectivity index (χ4n) is 6.56. The molecular formula is C36H44N4O7. The number of rotatable bonds is 11. The first-order chi connectivity index (χ1) is 22.8. The van der Waals surface area contributed by atoms with Gasteiger partial charge in [0.15, 0.2) is 11.5 Å². The Labute approximate surface area is 275 Å². The molecule has 1 heterocycles. The summed E-state index contributed by atoms with van der Waals surface area (Å²) in [4.78, 5) is 42.9. The Morgan fingerprint density at radius 3 is 2.28 bits per heavy atom. The molecule has 1 saturated heterocycles. The fraction of sp³-hybridized carbons (Fsp3) is 0.417. The lowest BCUT2D eigenvalue weighted by atomic mass is 9.95. The number of hydrogen-bond donors (Lipinski definition) is 2. The molecule has 0 saturated carbocycles. The van der Waals surface area contributed by atoms with Crippen molar-refractivity contribution >= 4 is 23.2 Å². The van der Waals surface area contributed by atoms with Crippen LogP contribution < -0.4 is 39.9 Å². The van der Waals surface area contributed by atoms with Crippen LogP contribution in [-0.4, -0.2) is 77.9 Å². The number of aryl methyl sites for hydroxylation is 1. The Hall–Kier alpha value is -4.93. The van der Waals surface area contributed by atoms with Gasteiger partial charge in [-0.15, -0.1) is 0 Å². The highest BCUT2D eigenvalue weighted by atomic mass is 16.5. The summed E-state index contributed by atoms with van der Waals surface area (Å²) in [6, 6.07) is 14.7. The van der Waals surface area contributed by atoms with Crippen LogP contribution in [0.5, 0.6) is 23.0 Å². The SMILES string of the molecule is COc1ccccc1N1CCN(C(=O)CCCNc2ccc3c(cc2=O)C(NC(C)=O)CCc2cc(OC)c(OC)c(OC)c2-3)CC1. The second-order valence-electron chi connectivity index (χ2n) is 11.7. The van der Waals surface area contributed by atoms with Crippen LogP contribution in [0.15, 0.2) is 53.3 Å². The van der Waals surface area contributed by atoms with Gasteiger partial charge in [-0.05, 0) is 66.3 Å². The number of piperazine rings is 1. The molecule has 0 bridgehead atoms. The molecule has 1 aliphatic heterocycles. The van der Waals surface area contributed by atoms with E-state index in [2.05, 4.69) is 15.5 Å². The number of fused-ring (bicyclic) bond motifs is 3. The number of hydrogen-bond acceptors (Lipinski definition) is 9. The second kappa shape index (κ2) is 15.1. The molecule has 5 rings (SSSR count). The zero-order valence-electron chi connectivity index (χ0n) is 27.8. The highest BCUT2D eigenvalue weighted by Gasteiger charge is 2.29. The molecule has 11 heteroatoms. The van der Waals surface area contributed by atoms with Crippen molar-refractivity contribution in [3.63, 3.8) is 0 Å². The predicted molar refractivity (Wildman–Crippen MR) is 182 cm³/mol. The van der Waals surface area contributed by atoms with Crippen LogP contribution in [-0.2, 0) is 16.0 Å². The molecule has 2 N–H and O–H groups in total. The molecule has 1 unspecified atom stereocenters. The van der Waals surface area contributed by atoms with Gasteiger partial charge < -0.3 is 39.4 Å². The Balaban J connectivity index is 1.30. The maximum atomic E-state index is 13.6. The van der Waals surface area contributed by atoms with Crippen molar-refractivity contribution in [1.29, 1.82) is 0 Å². The molecule has 2 aliphatic rings. The topological polar surface area (TPSA) is 119 Å². The van der Waals surface area contributed by atoms with Gasteiger partial charge in [-0.1, -0.05) is 18.2 Å². The second-order valence-corrected chi connectivity index (χ2v) is 11.7. The average molecular weight is 645 g/mol. The highest BCUT2D eigenvalue weighted by Crippen LogP contribution is 2.50. The van der Waals surface area contributed by atoms with Crippen molar-refractivity contribution in [2.24, 2.45) is 0 Å². The van der Waals surface area contributed by atoms with Crippen LogP contribution in [0.2, 0.25) is 0 Å². The van der Waals surface area contributed by atoms with Crippen molar-refractivity contribution < 1.29 is 28.5 Å². The lowest BCUT2D eigenvalue weighted by molar-refractivity contribution is -0.131. The Morgan fingerprint density at radius 2 is 1.60 bits per heavy atom. The van der Waals surface area contributed by atoms with E-state index in [0.29, 0.717) is 73.8 Å². The quantitative estimate of drug-likeness (QED) is 0.293. The summed E-state index contributed by atoms with van der Waals surface area (Å²) < 4.78 is 22.6. The molecule has 11 nitrogen and oxygen atoms in total. The van der Waals surface area contributed by atoms with Gasteiger partial charge in [0.05, 0.1) is 45.9 Å². The largest absolute Gasteiger partial charge is 0.495 e. The Bertz CT molecular complexity index is 1670. The molecule has 1 aliphatic carbocycles. The molecular weight excluding hydrogens is 600 g/mol. The fourth-order valence-corrected chi connectivity index (χ4v) is 6.56. The summed E-state index contributed by atoms with van der Waals surface area (Å²) >= 11 is 0. The number of anilines is 2. The monoisotopic (exact) mass is 644 g/mol. The van der Waals surface area contributed by atoms with E-state index >= 15 is 0 Å². The molecule has 2 amide bonds. The molecule has 3 aromatic rings. The molecule has 3 aromatic carbocycles. The van der Waals surface area contributed by atoms with E-state index in [1.54, 1.807) is 40.6 Å². The lowest BCUT2D eigenvalue weighted by Crippen LogP contribution is -2.48. The minimum atomic E-state index is -0.384. The van der Waals surface area contributed by atoms with Gasteiger partial charge in [0, 0.05) is 51.6 Å². The number of carbonyl (C=O) groups is 2. The molecule has 250 valence electrons. The van der Waals surface area contributed by atoms with Gasteiger partial charge in [-0.3, -0.25) is 14.4 Å². The minimum absolute atomic E-state index is 0.102. The van der Waals surface area contributed by atoms with Crippen LogP contribution >= 0.6 is 0 Å². The van der Waals surface area contributed by atoms with Crippen LogP contribution in [0.1, 0.15) is 43.4 Å². The lowest BCUT2D eigenvalue weighted by Gasteiger charge is -2.36. The predicted octanol–water partition coefficient (Wildman–Crippen LogP) is 4.41. The summed E-state index contributed by atoms with van der Waals surface area (Å²) in [7, 11) is 6.37. The number of carbonyl (C=O) groups excluding carboxylic acids is 2. The molecule has 47 heavy (non-hydrogen) atoms. The molecule has 1 atom stereocenters. The van der Waals surface area contributed by atoms with E-state index in [1.165, 1.54) is 6.92 Å². The van der Waals surface area contributed by atoms with E-state index in [1.807, 2.05) is 41.3 Å². The van der Waals surface area contributed by atoms with Gasteiger partial charge in [0.1, 0.15) is 5.75 Å². The number of para-hydroxylation sites is 2. The third-order valence-electron chi connectivity index (χ3n) is 8.86. The van der Waals surface area contributed by atoms with Crippen molar-refractivity contribution in [3.05, 3.63) is 69.9 Å². The molecule has 1 fully saturated rings. The van der Waals surface area contributed by atoms with Gasteiger partial charge in [-0.2, -0.15) is 0 Å². The van der Waals surface area contributed by atoms with Gasteiger partial charge >= 0.3 is 0 Å². The third-order valence-corrected chi connectivity index (χ3v) is 8.86. The first-order valence-electron chi connectivity index (χ1n) is 16.0. The summed E-state index contributed by atoms with van der Waals surface area (Å²) in [5, 5.41) is 6.28.